The van der Waals surface area contributed by atoms with Crippen LogP contribution < -0.4 is 5.32 Å². The molecule has 1 unspecified atom stereocenters. The number of unbranched alkanes of at least 4 members (excludes halogenated alkanes) is 3. The molecule has 0 fully saturated rings. The largest absolute Gasteiger partial charge is 0.310 e. The van der Waals surface area contributed by atoms with Gasteiger partial charge in [0.05, 0.1) is 0 Å². The highest BCUT2D eigenvalue weighted by molar-refractivity contribution is 5.25. The Bertz CT molecular complexity index is 319. The van der Waals surface area contributed by atoms with Crippen LogP contribution in [0.3, 0.4) is 0 Å². The molecule has 1 heteroatoms. The second-order valence-corrected chi connectivity index (χ2v) is 5.27. The molecular weight excluding hydrogens is 218 g/mol. The van der Waals surface area contributed by atoms with Crippen LogP contribution in [0.5, 0.6) is 0 Å². The van der Waals surface area contributed by atoms with Crippen LogP contribution in [0.2, 0.25) is 0 Å². The average Bonchev–Trinajstić information content (AvgIpc) is 2.38. The van der Waals surface area contributed by atoms with Crippen LogP contribution in [0, 0.1) is 6.92 Å². The monoisotopic (exact) mass is 247 g/mol. The molecule has 0 aliphatic carbocycles. The zero-order chi connectivity index (χ0) is 13.2. The highest BCUT2D eigenvalue weighted by Gasteiger charge is 2.09. The lowest BCUT2D eigenvalue weighted by molar-refractivity contribution is 0.470. The number of nitrogens with one attached hydrogen (secondary N) is 1. The van der Waals surface area contributed by atoms with Crippen molar-refractivity contribution in [2.24, 2.45) is 0 Å². The van der Waals surface area contributed by atoms with E-state index in [1.807, 2.05) is 0 Å². The van der Waals surface area contributed by atoms with E-state index < -0.39 is 0 Å². The lowest BCUT2D eigenvalue weighted by Gasteiger charge is -2.19. The van der Waals surface area contributed by atoms with E-state index in [-0.39, 0.29) is 0 Å². The molecule has 1 atom stereocenters. The molecule has 1 aromatic rings. The standard InChI is InChI=1S/C17H29N/c1-4-6-7-8-12-17(18-13-5-2)16-11-9-10-15(3)14-16/h9-11,14,17-18H,4-8,12-13H2,1-3H3. The molecule has 0 aliphatic rings. The maximum Gasteiger partial charge on any atom is 0.0320 e. The van der Waals surface area contributed by atoms with E-state index in [2.05, 4.69) is 50.4 Å². The van der Waals surface area contributed by atoms with Crippen molar-refractivity contribution in [1.82, 2.24) is 5.32 Å². The Kier molecular flexibility index (Phi) is 7.75. The van der Waals surface area contributed by atoms with Crippen LogP contribution >= 0.6 is 0 Å². The van der Waals surface area contributed by atoms with Gasteiger partial charge < -0.3 is 5.32 Å². The molecule has 1 N–H and O–H groups in total. The van der Waals surface area contributed by atoms with Gasteiger partial charge >= 0.3 is 0 Å². The van der Waals surface area contributed by atoms with Crippen molar-refractivity contribution in [1.29, 1.82) is 0 Å². The van der Waals surface area contributed by atoms with Crippen LogP contribution in [0.4, 0.5) is 0 Å². The minimum atomic E-state index is 0.543. The molecule has 0 amide bonds. The van der Waals surface area contributed by atoms with Crippen molar-refractivity contribution in [2.45, 2.75) is 65.3 Å². The summed E-state index contributed by atoms with van der Waals surface area (Å²) in [5.74, 6) is 0. The average molecular weight is 247 g/mol. The van der Waals surface area contributed by atoms with Gasteiger partial charge in [0, 0.05) is 6.04 Å². The number of hydrogen-bond acceptors (Lipinski definition) is 1. The Morgan fingerprint density at radius 1 is 1.06 bits per heavy atom. The summed E-state index contributed by atoms with van der Waals surface area (Å²) in [6.45, 7) is 7.80. The molecule has 102 valence electrons. The second kappa shape index (κ2) is 9.16. The topological polar surface area (TPSA) is 12.0 Å². The second-order valence-electron chi connectivity index (χ2n) is 5.27. The predicted molar refractivity (Wildman–Crippen MR) is 81.0 cm³/mol. The molecule has 0 saturated heterocycles. The summed E-state index contributed by atoms with van der Waals surface area (Å²) in [6, 6.07) is 9.49. The highest BCUT2D eigenvalue weighted by Crippen LogP contribution is 2.21. The molecule has 0 aliphatic heterocycles. The quantitative estimate of drug-likeness (QED) is 0.605. The highest BCUT2D eigenvalue weighted by atomic mass is 14.9. The van der Waals surface area contributed by atoms with Gasteiger partial charge in [0.15, 0.2) is 0 Å². The molecular formula is C17H29N. The Morgan fingerprint density at radius 2 is 1.89 bits per heavy atom. The third-order valence-electron chi connectivity index (χ3n) is 3.43. The maximum absolute atomic E-state index is 3.69. The predicted octanol–water partition coefficient (Wildman–Crippen LogP) is 5.01. The molecule has 0 spiro atoms. The van der Waals surface area contributed by atoms with Gasteiger partial charge in [-0.1, -0.05) is 69.4 Å². The van der Waals surface area contributed by atoms with E-state index in [1.54, 1.807) is 0 Å². The van der Waals surface area contributed by atoms with Crippen LogP contribution in [-0.4, -0.2) is 6.54 Å². The molecule has 0 aromatic heterocycles. The van der Waals surface area contributed by atoms with Gasteiger partial charge in [-0.05, 0) is 31.9 Å². The SMILES string of the molecule is CCCCCCC(NCCC)c1cccc(C)c1. The van der Waals surface area contributed by atoms with Gasteiger partial charge in [0.25, 0.3) is 0 Å². The van der Waals surface area contributed by atoms with Crippen LogP contribution in [0.15, 0.2) is 24.3 Å². The molecule has 1 rings (SSSR count). The molecule has 0 bridgehead atoms. The first-order chi connectivity index (χ1) is 8.77. The third-order valence-corrected chi connectivity index (χ3v) is 3.43. The summed E-state index contributed by atoms with van der Waals surface area (Å²) in [4.78, 5) is 0. The van der Waals surface area contributed by atoms with Crippen molar-refractivity contribution in [3.05, 3.63) is 35.4 Å². The van der Waals surface area contributed by atoms with E-state index >= 15 is 0 Å². The lowest BCUT2D eigenvalue weighted by atomic mass is 9.98. The normalized spacial score (nSPS) is 12.6. The fourth-order valence-corrected chi connectivity index (χ4v) is 2.37. The zero-order valence-corrected chi connectivity index (χ0v) is 12.3. The molecule has 1 nitrogen and oxygen atoms in total. The Hall–Kier alpha value is -0.820. The number of benzene rings is 1. The zero-order valence-electron chi connectivity index (χ0n) is 12.3. The number of hydrogen-bond donors (Lipinski definition) is 1. The van der Waals surface area contributed by atoms with Crippen molar-refractivity contribution < 1.29 is 0 Å². The summed E-state index contributed by atoms with van der Waals surface area (Å²) >= 11 is 0. The van der Waals surface area contributed by atoms with Gasteiger partial charge in [-0.25, -0.2) is 0 Å². The van der Waals surface area contributed by atoms with Crippen LogP contribution in [0.1, 0.15) is 69.5 Å². The first-order valence-electron chi connectivity index (χ1n) is 7.57. The maximum atomic E-state index is 3.69. The Balaban J connectivity index is 2.54. The Morgan fingerprint density at radius 3 is 2.56 bits per heavy atom. The number of aryl methyl sites for hydroxylation is 1. The van der Waals surface area contributed by atoms with E-state index in [9.17, 15) is 0 Å². The minimum absolute atomic E-state index is 0.543. The van der Waals surface area contributed by atoms with Crippen LogP contribution in [-0.2, 0) is 0 Å². The summed E-state index contributed by atoms with van der Waals surface area (Å²) in [5.41, 5.74) is 2.82. The molecule has 0 saturated carbocycles. The lowest BCUT2D eigenvalue weighted by Crippen LogP contribution is -2.22. The Labute approximate surface area is 113 Å². The fourth-order valence-electron chi connectivity index (χ4n) is 2.37. The first kappa shape index (κ1) is 15.2. The van der Waals surface area contributed by atoms with E-state index in [0.717, 1.165) is 6.54 Å². The minimum Gasteiger partial charge on any atom is -0.310 e. The first-order valence-corrected chi connectivity index (χ1v) is 7.57. The van der Waals surface area contributed by atoms with Gasteiger partial charge in [-0.2, -0.15) is 0 Å². The molecule has 0 heterocycles. The third kappa shape index (κ3) is 5.68. The van der Waals surface area contributed by atoms with Crippen LogP contribution in [0.25, 0.3) is 0 Å². The van der Waals surface area contributed by atoms with Gasteiger partial charge in [0.2, 0.25) is 0 Å². The smallest absolute Gasteiger partial charge is 0.0320 e. The van der Waals surface area contributed by atoms with Gasteiger partial charge in [-0.3, -0.25) is 0 Å². The van der Waals surface area contributed by atoms with E-state index in [1.165, 1.54) is 49.7 Å². The van der Waals surface area contributed by atoms with E-state index in [0.29, 0.717) is 6.04 Å². The fraction of sp³-hybridized carbons (Fsp3) is 0.647. The van der Waals surface area contributed by atoms with Gasteiger partial charge in [-0.15, -0.1) is 0 Å². The molecule has 18 heavy (non-hydrogen) atoms. The number of rotatable bonds is 9. The van der Waals surface area contributed by atoms with Crippen molar-refractivity contribution in [3.63, 3.8) is 0 Å². The van der Waals surface area contributed by atoms with Crippen molar-refractivity contribution in [2.75, 3.05) is 6.54 Å². The molecule has 1 aromatic carbocycles. The summed E-state index contributed by atoms with van der Waals surface area (Å²) in [6.07, 6.45) is 7.86. The summed E-state index contributed by atoms with van der Waals surface area (Å²) in [7, 11) is 0. The van der Waals surface area contributed by atoms with Crippen molar-refractivity contribution in [3.8, 4) is 0 Å². The summed E-state index contributed by atoms with van der Waals surface area (Å²) in [5, 5.41) is 3.69. The summed E-state index contributed by atoms with van der Waals surface area (Å²) < 4.78 is 0. The van der Waals surface area contributed by atoms with Crippen molar-refractivity contribution >= 4 is 0 Å². The van der Waals surface area contributed by atoms with Gasteiger partial charge in [0.1, 0.15) is 0 Å². The van der Waals surface area contributed by atoms with E-state index in [4.69, 9.17) is 0 Å². The molecule has 0 radical (unpaired) electrons.